The van der Waals surface area contributed by atoms with E-state index in [9.17, 15) is 21.6 Å². The molecular formula is C27H31F3N4O5S. The number of aromatic nitrogens is 1. The standard InChI is InChI=1S/C27H31F3N4O5S/c1-38-26-17-21(40(36,37)32-12-13-35)7-8-24(26)31-11-3-4-20-16-22-23(33-19-9-14-39-15-10-19)5-2-6-25(22)34(20)18-27(28,29)30/h2,5-8,16-17,19,31-33,35H,9-15,18H2,1H3. The number of aliphatic hydroxyl groups is 1. The molecule has 1 aromatic heterocycles. The van der Waals surface area contributed by atoms with Crippen molar-refractivity contribution >= 4 is 32.3 Å². The first-order valence-corrected chi connectivity index (χ1v) is 14.1. The number of nitrogens with zero attached hydrogens (tertiary/aromatic N) is 1. The smallest absolute Gasteiger partial charge is 0.406 e. The van der Waals surface area contributed by atoms with Crippen LogP contribution in [0.4, 0.5) is 24.5 Å². The fourth-order valence-electron chi connectivity index (χ4n) is 4.45. The average Bonchev–Trinajstić information content (AvgIpc) is 3.27. The lowest BCUT2D eigenvalue weighted by Gasteiger charge is -2.24. The highest BCUT2D eigenvalue weighted by atomic mass is 32.2. The van der Waals surface area contributed by atoms with E-state index in [0.717, 1.165) is 23.1 Å². The molecule has 0 bridgehead atoms. The zero-order valence-corrected chi connectivity index (χ0v) is 22.7. The second kappa shape index (κ2) is 12.8. The maximum Gasteiger partial charge on any atom is 0.406 e. The second-order valence-corrected chi connectivity index (χ2v) is 10.9. The number of hydrogen-bond acceptors (Lipinski definition) is 7. The van der Waals surface area contributed by atoms with Crippen LogP contribution in [0.5, 0.6) is 5.75 Å². The van der Waals surface area contributed by atoms with Crippen molar-refractivity contribution in [3.63, 3.8) is 0 Å². The number of anilines is 2. The van der Waals surface area contributed by atoms with E-state index in [-0.39, 0.29) is 42.1 Å². The minimum absolute atomic E-state index is 0.0451. The van der Waals surface area contributed by atoms with Crippen LogP contribution in [-0.2, 0) is 21.3 Å². The topological polar surface area (TPSA) is 114 Å². The molecule has 2 aromatic carbocycles. The van der Waals surface area contributed by atoms with Crippen LogP contribution in [0.1, 0.15) is 18.5 Å². The molecule has 4 rings (SSSR count). The van der Waals surface area contributed by atoms with Crippen LogP contribution < -0.4 is 20.1 Å². The van der Waals surface area contributed by atoms with Gasteiger partial charge >= 0.3 is 6.18 Å². The lowest BCUT2D eigenvalue weighted by molar-refractivity contribution is -0.140. The summed E-state index contributed by atoms with van der Waals surface area (Å²) in [6.07, 6.45) is -2.81. The van der Waals surface area contributed by atoms with E-state index in [1.807, 2.05) is 6.07 Å². The van der Waals surface area contributed by atoms with Gasteiger partial charge in [-0.05, 0) is 49.1 Å². The summed E-state index contributed by atoms with van der Waals surface area (Å²) in [4.78, 5) is -0.0451. The van der Waals surface area contributed by atoms with Crippen LogP contribution in [0, 0.1) is 11.8 Å². The number of fused-ring (bicyclic) bond motifs is 1. The van der Waals surface area contributed by atoms with Crippen LogP contribution in [0.25, 0.3) is 10.9 Å². The van der Waals surface area contributed by atoms with Crippen molar-refractivity contribution < 1.29 is 36.2 Å². The van der Waals surface area contributed by atoms with Gasteiger partial charge in [0.2, 0.25) is 10.0 Å². The number of sulfonamides is 1. The number of nitrogens with one attached hydrogen (secondary N) is 3. The van der Waals surface area contributed by atoms with Gasteiger partial charge in [0.05, 0.1) is 42.1 Å². The van der Waals surface area contributed by atoms with Gasteiger partial charge in [-0.25, -0.2) is 13.1 Å². The molecule has 1 saturated heterocycles. The van der Waals surface area contributed by atoms with Gasteiger partial charge in [-0.15, -0.1) is 0 Å². The van der Waals surface area contributed by atoms with Crippen molar-refractivity contribution in [2.45, 2.75) is 36.5 Å². The summed E-state index contributed by atoms with van der Waals surface area (Å²) in [5.41, 5.74) is 1.86. The highest BCUT2D eigenvalue weighted by Crippen LogP contribution is 2.31. The van der Waals surface area contributed by atoms with Gasteiger partial charge in [-0.3, -0.25) is 0 Å². The Morgan fingerprint density at radius 1 is 1.15 bits per heavy atom. The monoisotopic (exact) mass is 580 g/mol. The molecule has 0 saturated carbocycles. The Labute approximate surface area is 230 Å². The van der Waals surface area contributed by atoms with Gasteiger partial charge in [0.1, 0.15) is 12.3 Å². The quantitative estimate of drug-likeness (QED) is 0.272. The average molecular weight is 581 g/mol. The van der Waals surface area contributed by atoms with Crippen molar-refractivity contribution in [2.24, 2.45) is 0 Å². The van der Waals surface area contributed by atoms with E-state index in [2.05, 4.69) is 27.2 Å². The first kappa shape index (κ1) is 29.5. The molecule has 1 aliphatic heterocycles. The second-order valence-electron chi connectivity index (χ2n) is 9.14. The molecule has 0 spiro atoms. The molecule has 0 atom stereocenters. The molecule has 13 heteroatoms. The fraction of sp³-hybridized carbons (Fsp3) is 0.407. The van der Waals surface area contributed by atoms with E-state index < -0.39 is 22.7 Å². The summed E-state index contributed by atoms with van der Waals surface area (Å²) in [6.45, 7) is -0.315. The maximum atomic E-state index is 13.5. The normalized spacial score (nSPS) is 14.5. The number of ether oxygens (including phenoxy) is 2. The van der Waals surface area contributed by atoms with Crippen molar-refractivity contribution in [3.05, 3.63) is 48.2 Å². The van der Waals surface area contributed by atoms with Crippen LogP contribution in [0.2, 0.25) is 0 Å². The zero-order chi connectivity index (χ0) is 28.8. The molecule has 2 heterocycles. The number of halogens is 3. The summed E-state index contributed by atoms with van der Waals surface area (Å²) in [7, 11) is -2.45. The molecule has 1 fully saturated rings. The summed E-state index contributed by atoms with van der Waals surface area (Å²) < 4.78 is 79.2. The molecular weight excluding hydrogens is 549 g/mol. The highest BCUT2D eigenvalue weighted by molar-refractivity contribution is 7.89. The number of alkyl halides is 3. The molecule has 40 heavy (non-hydrogen) atoms. The molecule has 3 aromatic rings. The number of hydrogen-bond donors (Lipinski definition) is 4. The van der Waals surface area contributed by atoms with Gasteiger partial charge in [0, 0.05) is 42.9 Å². The Kier molecular flexibility index (Phi) is 9.47. The van der Waals surface area contributed by atoms with Gasteiger partial charge in [-0.1, -0.05) is 12.0 Å². The Bertz CT molecular complexity index is 1490. The lowest BCUT2D eigenvalue weighted by atomic mass is 10.1. The number of rotatable bonds is 10. The lowest BCUT2D eigenvalue weighted by Crippen LogP contribution is -2.27. The first-order chi connectivity index (χ1) is 19.1. The van der Waals surface area contributed by atoms with Crippen molar-refractivity contribution in [1.29, 1.82) is 0 Å². The number of benzene rings is 2. The molecule has 9 nitrogen and oxygen atoms in total. The van der Waals surface area contributed by atoms with E-state index in [1.165, 1.54) is 25.3 Å². The SMILES string of the molecule is COc1cc(S(=O)(=O)NCCO)ccc1NCC#Cc1cc2c(NC3CCOCC3)cccc2n1CC(F)(F)F. The molecule has 0 unspecified atom stereocenters. The number of aliphatic hydroxyl groups excluding tert-OH is 1. The maximum absolute atomic E-state index is 13.5. The van der Waals surface area contributed by atoms with Crippen molar-refractivity contribution in [2.75, 3.05) is 50.7 Å². The molecule has 0 aliphatic carbocycles. The first-order valence-electron chi connectivity index (χ1n) is 12.7. The molecule has 0 amide bonds. The predicted molar refractivity (Wildman–Crippen MR) is 146 cm³/mol. The van der Waals surface area contributed by atoms with E-state index >= 15 is 0 Å². The largest absolute Gasteiger partial charge is 0.495 e. The van der Waals surface area contributed by atoms with E-state index in [1.54, 1.807) is 18.2 Å². The third-order valence-corrected chi connectivity index (χ3v) is 7.79. The summed E-state index contributed by atoms with van der Waals surface area (Å²) in [5, 5.41) is 16.0. The third-order valence-electron chi connectivity index (χ3n) is 6.33. The molecule has 1 aliphatic rings. The number of methoxy groups -OCH3 is 1. The Hall–Kier alpha value is -3.44. The third kappa shape index (κ3) is 7.39. The van der Waals surface area contributed by atoms with Crippen molar-refractivity contribution in [1.82, 2.24) is 9.29 Å². The minimum atomic E-state index is -4.44. The molecule has 216 valence electrons. The van der Waals surface area contributed by atoms with Gasteiger partial charge in [0.15, 0.2) is 0 Å². The van der Waals surface area contributed by atoms with Gasteiger partial charge in [-0.2, -0.15) is 13.2 Å². The fourth-order valence-corrected chi connectivity index (χ4v) is 5.48. The van der Waals surface area contributed by atoms with Gasteiger partial charge < -0.3 is 29.8 Å². The molecule has 0 radical (unpaired) electrons. The predicted octanol–water partition coefficient (Wildman–Crippen LogP) is 3.54. The van der Waals surface area contributed by atoms with E-state index in [0.29, 0.717) is 29.8 Å². The van der Waals surface area contributed by atoms with Crippen LogP contribution in [-0.4, -0.2) is 70.3 Å². The molecule has 4 N–H and O–H groups in total. The Morgan fingerprint density at radius 2 is 1.93 bits per heavy atom. The summed E-state index contributed by atoms with van der Waals surface area (Å²) in [6, 6.07) is 11.3. The Morgan fingerprint density at radius 3 is 2.62 bits per heavy atom. The van der Waals surface area contributed by atoms with Crippen LogP contribution >= 0.6 is 0 Å². The van der Waals surface area contributed by atoms with Crippen LogP contribution in [0.3, 0.4) is 0 Å². The van der Waals surface area contributed by atoms with E-state index in [4.69, 9.17) is 14.6 Å². The minimum Gasteiger partial charge on any atom is -0.495 e. The summed E-state index contributed by atoms with van der Waals surface area (Å²) >= 11 is 0. The summed E-state index contributed by atoms with van der Waals surface area (Å²) in [5.74, 6) is 5.96. The Balaban J connectivity index is 1.56. The van der Waals surface area contributed by atoms with Crippen molar-refractivity contribution in [3.8, 4) is 17.6 Å². The highest BCUT2D eigenvalue weighted by Gasteiger charge is 2.30. The van der Waals surface area contributed by atoms with Gasteiger partial charge in [0.25, 0.3) is 0 Å². The zero-order valence-electron chi connectivity index (χ0n) is 21.8. The van der Waals surface area contributed by atoms with Crippen LogP contribution in [0.15, 0.2) is 47.4 Å².